The predicted octanol–water partition coefficient (Wildman–Crippen LogP) is 2.71. The van der Waals surface area contributed by atoms with Crippen molar-refractivity contribution in [1.82, 2.24) is 0 Å². The van der Waals surface area contributed by atoms with Gasteiger partial charge in [0.05, 0.1) is 0 Å². The van der Waals surface area contributed by atoms with Crippen molar-refractivity contribution < 1.29 is 4.79 Å². The second-order valence-corrected chi connectivity index (χ2v) is 5.11. The Morgan fingerprint density at radius 1 is 1.46 bits per heavy atom. The summed E-state index contributed by atoms with van der Waals surface area (Å²) < 4.78 is 0. The van der Waals surface area contributed by atoms with Crippen LogP contribution in [0.5, 0.6) is 0 Å². The van der Waals surface area contributed by atoms with Crippen LogP contribution in [0, 0.1) is 17.3 Å². The Morgan fingerprint density at radius 3 is 3.15 bits per heavy atom. The summed E-state index contributed by atoms with van der Waals surface area (Å²) in [4.78, 5) is 11.6. The van der Waals surface area contributed by atoms with Crippen LogP contribution in [-0.4, -0.2) is 5.78 Å². The first-order valence-corrected chi connectivity index (χ1v) is 5.47. The highest BCUT2D eigenvalue weighted by Gasteiger charge is 2.52. The molecule has 0 aliphatic heterocycles. The van der Waals surface area contributed by atoms with Crippen molar-refractivity contribution in [2.24, 2.45) is 17.3 Å². The van der Waals surface area contributed by atoms with Crippen molar-refractivity contribution in [2.45, 2.75) is 39.0 Å². The molecule has 0 N–H and O–H groups in total. The highest BCUT2D eigenvalue weighted by Crippen LogP contribution is 2.61. The molecular formula is C12H16O. The number of hydrogen-bond donors (Lipinski definition) is 0. The van der Waals surface area contributed by atoms with Gasteiger partial charge in [0.15, 0.2) is 5.78 Å². The molecule has 3 atom stereocenters. The monoisotopic (exact) mass is 176 g/mol. The van der Waals surface area contributed by atoms with Crippen LogP contribution in [0.15, 0.2) is 11.6 Å². The number of ketones is 1. The van der Waals surface area contributed by atoms with Gasteiger partial charge in [0.1, 0.15) is 0 Å². The van der Waals surface area contributed by atoms with Gasteiger partial charge in [0.25, 0.3) is 0 Å². The molecule has 0 heterocycles. The van der Waals surface area contributed by atoms with Gasteiger partial charge in [-0.05, 0) is 49.5 Å². The smallest absolute Gasteiger partial charge is 0.158 e. The largest absolute Gasteiger partial charge is 0.295 e. The Hall–Kier alpha value is -0.590. The zero-order valence-electron chi connectivity index (χ0n) is 8.18. The summed E-state index contributed by atoms with van der Waals surface area (Å²) >= 11 is 0. The molecule has 3 rings (SSSR count). The second kappa shape index (κ2) is 2.26. The fourth-order valence-electron chi connectivity index (χ4n) is 3.78. The van der Waals surface area contributed by atoms with E-state index in [2.05, 4.69) is 6.92 Å². The first-order valence-electron chi connectivity index (χ1n) is 5.47. The topological polar surface area (TPSA) is 17.1 Å². The highest BCUT2D eigenvalue weighted by atomic mass is 16.1. The normalized spacial score (nSPS) is 47.8. The van der Waals surface area contributed by atoms with Crippen LogP contribution >= 0.6 is 0 Å². The van der Waals surface area contributed by atoms with Crippen LogP contribution in [0.1, 0.15) is 39.0 Å². The van der Waals surface area contributed by atoms with Gasteiger partial charge in [-0.15, -0.1) is 0 Å². The van der Waals surface area contributed by atoms with Gasteiger partial charge in [0, 0.05) is 5.92 Å². The maximum Gasteiger partial charge on any atom is 0.158 e. The van der Waals surface area contributed by atoms with Gasteiger partial charge in [-0.1, -0.05) is 12.5 Å². The molecule has 0 aromatic rings. The van der Waals surface area contributed by atoms with E-state index in [1.165, 1.54) is 31.3 Å². The molecule has 1 heteroatoms. The summed E-state index contributed by atoms with van der Waals surface area (Å²) in [6, 6.07) is 0. The van der Waals surface area contributed by atoms with Crippen LogP contribution in [0.2, 0.25) is 0 Å². The van der Waals surface area contributed by atoms with Crippen molar-refractivity contribution in [3.63, 3.8) is 0 Å². The van der Waals surface area contributed by atoms with Crippen molar-refractivity contribution in [3.8, 4) is 0 Å². The summed E-state index contributed by atoms with van der Waals surface area (Å²) in [5, 5.41) is 0. The molecule has 3 aliphatic rings. The molecule has 0 amide bonds. The third-order valence-electron chi connectivity index (χ3n) is 4.70. The molecule has 3 aliphatic carbocycles. The van der Waals surface area contributed by atoms with Gasteiger partial charge in [-0.3, -0.25) is 4.79 Å². The molecule has 0 saturated heterocycles. The molecule has 2 saturated carbocycles. The van der Waals surface area contributed by atoms with Gasteiger partial charge < -0.3 is 0 Å². The standard InChI is InChI=1S/C12H16O/c1-8-2-3-10-6-11(13)9-4-5-12(8,10)7-9/h6,8-9H,2-5,7H2,1H3. The summed E-state index contributed by atoms with van der Waals surface area (Å²) in [6.45, 7) is 2.37. The number of fused-ring (bicyclic) bond motifs is 1. The molecule has 13 heavy (non-hydrogen) atoms. The lowest BCUT2D eigenvalue weighted by atomic mass is 9.71. The van der Waals surface area contributed by atoms with Gasteiger partial charge in [-0.25, -0.2) is 0 Å². The fourth-order valence-corrected chi connectivity index (χ4v) is 3.78. The van der Waals surface area contributed by atoms with E-state index in [0.717, 1.165) is 12.3 Å². The van der Waals surface area contributed by atoms with E-state index in [-0.39, 0.29) is 0 Å². The minimum Gasteiger partial charge on any atom is -0.295 e. The fraction of sp³-hybridized carbons (Fsp3) is 0.750. The third-order valence-corrected chi connectivity index (χ3v) is 4.70. The lowest BCUT2D eigenvalue weighted by Gasteiger charge is -2.33. The van der Waals surface area contributed by atoms with Gasteiger partial charge in [0.2, 0.25) is 0 Å². The van der Waals surface area contributed by atoms with Crippen LogP contribution in [0.4, 0.5) is 0 Å². The van der Waals surface area contributed by atoms with E-state index in [1.54, 1.807) is 0 Å². The molecule has 3 unspecified atom stereocenters. The van der Waals surface area contributed by atoms with E-state index in [4.69, 9.17) is 0 Å². The van der Waals surface area contributed by atoms with E-state index in [9.17, 15) is 4.79 Å². The molecule has 0 radical (unpaired) electrons. The van der Waals surface area contributed by atoms with Gasteiger partial charge >= 0.3 is 0 Å². The Kier molecular flexibility index (Phi) is 1.35. The summed E-state index contributed by atoms with van der Waals surface area (Å²) in [6.07, 6.45) is 8.12. The van der Waals surface area contributed by atoms with Crippen molar-refractivity contribution in [2.75, 3.05) is 0 Å². The summed E-state index contributed by atoms with van der Waals surface area (Å²) in [5.74, 6) is 1.65. The number of allylic oxidation sites excluding steroid dienone is 2. The van der Waals surface area contributed by atoms with Crippen LogP contribution in [0.3, 0.4) is 0 Å². The molecular weight excluding hydrogens is 160 g/mol. The molecule has 0 aromatic carbocycles. The third kappa shape index (κ3) is 0.806. The number of carbonyl (C=O) groups is 1. The zero-order chi connectivity index (χ0) is 9.05. The second-order valence-electron chi connectivity index (χ2n) is 5.11. The molecule has 1 spiro atoms. The van der Waals surface area contributed by atoms with E-state index in [0.29, 0.717) is 17.1 Å². The minimum absolute atomic E-state index is 0.393. The van der Waals surface area contributed by atoms with Crippen LogP contribution in [-0.2, 0) is 4.79 Å². The lowest BCUT2D eigenvalue weighted by molar-refractivity contribution is -0.118. The maximum atomic E-state index is 11.6. The van der Waals surface area contributed by atoms with Crippen molar-refractivity contribution in [1.29, 1.82) is 0 Å². The van der Waals surface area contributed by atoms with Crippen LogP contribution in [0.25, 0.3) is 0 Å². The molecule has 2 bridgehead atoms. The quantitative estimate of drug-likeness (QED) is 0.554. The van der Waals surface area contributed by atoms with Gasteiger partial charge in [-0.2, -0.15) is 0 Å². The van der Waals surface area contributed by atoms with E-state index >= 15 is 0 Å². The summed E-state index contributed by atoms with van der Waals surface area (Å²) in [5.41, 5.74) is 1.98. The Bertz CT molecular complexity index is 302. The Labute approximate surface area is 79.2 Å². The average molecular weight is 176 g/mol. The highest BCUT2D eigenvalue weighted by molar-refractivity contribution is 5.94. The first kappa shape index (κ1) is 7.78. The maximum absolute atomic E-state index is 11.6. The lowest BCUT2D eigenvalue weighted by Crippen LogP contribution is -2.27. The molecule has 1 nitrogen and oxygen atoms in total. The molecule has 2 fully saturated rings. The number of carbonyl (C=O) groups excluding carboxylic acids is 1. The summed E-state index contributed by atoms with van der Waals surface area (Å²) in [7, 11) is 0. The number of hydrogen-bond acceptors (Lipinski definition) is 1. The van der Waals surface area contributed by atoms with E-state index in [1.807, 2.05) is 6.08 Å². The Morgan fingerprint density at radius 2 is 2.31 bits per heavy atom. The van der Waals surface area contributed by atoms with Crippen LogP contribution < -0.4 is 0 Å². The van der Waals surface area contributed by atoms with Crippen molar-refractivity contribution in [3.05, 3.63) is 11.6 Å². The first-order chi connectivity index (χ1) is 6.22. The molecule has 70 valence electrons. The molecule has 0 aromatic heterocycles. The SMILES string of the molecule is CC1CCC2=CC(=O)C3CCC21C3. The van der Waals surface area contributed by atoms with Crippen molar-refractivity contribution >= 4 is 5.78 Å². The zero-order valence-corrected chi connectivity index (χ0v) is 8.18. The predicted molar refractivity (Wildman–Crippen MR) is 51.3 cm³/mol. The minimum atomic E-state index is 0.393. The Balaban J connectivity index is 2.12. The van der Waals surface area contributed by atoms with E-state index < -0.39 is 0 Å². The average Bonchev–Trinajstić information content (AvgIpc) is 2.64. The number of rotatable bonds is 0.